The highest BCUT2D eigenvalue weighted by Gasteiger charge is 2.46. The number of likely N-dealkylation sites (tertiary alicyclic amines) is 1. The van der Waals surface area contributed by atoms with Crippen LogP contribution >= 0.6 is 12.6 Å². The summed E-state index contributed by atoms with van der Waals surface area (Å²) < 4.78 is 15.5. The molecule has 43 nitrogen and oxygen atoms in total. The van der Waals surface area contributed by atoms with Crippen molar-refractivity contribution in [1.82, 2.24) is 78.9 Å². The fourth-order valence-electron chi connectivity index (χ4n) is 11.9. The van der Waals surface area contributed by atoms with Crippen LogP contribution < -0.4 is 92.1 Å². The zero-order valence-corrected chi connectivity index (χ0v) is 63.7. The first kappa shape index (κ1) is 94.6. The molecule has 0 spiro atoms. The summed E-state index contributed by atoms with van der Waals surface area (Å²) in [7, 11) is 0. The molecule has 0 aromatic carbocycles. The van der Waals surface area contributed by atoms with Crippen LogP contribution in [-0.4, -0.2) is 284 Å². The Kier molecular flexibility index (Phi) is 39.3. The molecule has 0 saturated carbocycles. The number of nitrogens with zero attached hydrogens (tertiary/aromatic N) is 3. The van der Waals surface area contributed by atoms with Crippen molar-refractivity contribution < 1.29 is 116 Å². The quantitative estimate of drug-likeness (QED) is 0.0126. The van der Waals surface area contributed by atoms with E-state index in [2.05, 4.69) is 86.7 Å². The molecule has 111 heavy (non-hydrogen) atoms. The highest BCUT2D eigenvalue weighted by atomic mass is 32.1. The highest BCUT2D eigenvalue weighted by molar-refractivity contribution is 7.80. The first-order chi connectivity index (χ1) is 51.9. The summed E-state index contributed by atoms with van der Waals surface area (Å²) in [6.07, 6.45) is -10.1. The Bertz CT molecular complexity index is 3420. The van der Waals surface area contributed by atoms with E-state index in [-0.39, 0.29) is 68.7 Å². The van der Waals surface area contributed by atoms with Crippen LogP contribution in [0.3, 0.4) is 0 Å². The number of fused-ring (bicyclic) bond motifs is 1. The lowest BCUT2D eigenvalue weighted by atomic mass is 10.0. The van der Waals surface area contributed by atoms with Gasteiger partial charge in [0.25, 0.3) is 0 Å². The Morgan fingerprint density at radius 2 is 1.24 bits per heavy atom. The summed E-state index contributed by atoms with van der Waals surface area (Å²) in [5.74, 6) is -24.1. The van der Waals surface area contributed by atoms with Crippen LogP contribution in [0.25, 0.3) is 0 Å². The van der Waals surface area contributed by atoms with E-state index in [0.717, 1.165) is 6.92 Å². The van der Waals surface area contributed by atoms with Crippen LogP contribution in [0.15, 0.2) is 4.99 Å². The fourth-order valence-corrected chi connectivity index (χ4v) is 12.2. The lowest BCUT2D eigenvalue weighted by Gasteiger charge is -2.31. The van der Waals surface area contributed by atoms with Gasteiger partial charge in [0.15, 0.2) is 5.96 Å². The van der Waals surface area contributed by atoms with Gasteiger partial charge in [-0.3, -0.25) is 96.1 Å². The molecule has 3 saturated heterocycles. The largest absolute Gasteiger partial charge is 0.481 e. The molecule has 3 fully saturated rings. The summed E-state index contributed by atoms with van der Waals surface area (Å²) in [6.45, 7) is 7.33. The summed E-state index contributed by atoms with van der Waals surface area (Å²) in [6, 6.07) is -21.5. The number of aliphatic carboxylic acids is 3. The second kappa shape index (κ2) is 46.2. The van der Waals surface area contributed by atoms with Gasteiger partial charge in [-0.1, -0.05) is 41.5 Å². The number of primary amides is 1. The Balaban J connectivity index is 2.02. The van der Waals surface area contributed by atoms with Crippen LogP contribution in [0.2, 0.25) is 0 Å². The molecule has 0 aromatic rings. The Morgan fingerprint density at radius 3 is 1.81 bits per heavy atom. The second-order valence-electron chi connectivity index (χ2n) is 28.2. The monoisotopic (exact) mass is 1600 g/mol. The third-order valence-electron chi connectivity index (χ3n) is 17.7. The smallest absolute Gasteiger partial charge is 0.305 e. The van der Waals surface area contributed by atoms with Gasteiger partial charge in [-0.2, -0.15) is 12.6 Å². The molecule has 622 valence electrons. The number of halogens is 1. The summed E-state index contributed by atoms with van der Waals surface area (Å²) >= 11 is 4.24. The number of carboxylic acid groups (broad SMARTS) is 3. The van der Waals surface area contributed by atoms with Gasteiger partial charge in [0.05, 0.1) is 38.2 Å². The Hall–Kier alpha value is -10.6. The molecule has 0 aromatic heterocycles. The molecule has 16 amide bonds. The number of rotatable bonds is 33. The number of aliphatic imine (C=N–C) groups is 1. The van der Waals surface area contributed by atoms with Crippen LogP contribution in [-0.2, 0) is 91.1 Å². The normalized spacial score (nSPS) is 23.1. The molecule has 3 heterocycles. The molecular formula is C66H107FN20O23S. The number of nitrogens with one attached hydrogen (secondary N) is 13. The first-order valence-electron chi connectivity index (χ1n) is 36.1. The zero-order valence-electron chi connectivity index (χ0n) is 62.8. The summed E-state index contributed by atoms with van der Waals surface area (Å²) in [4.78, 5) is 263. The second-order valence-corrected chi connectivity index (χ2v) is 28.6. The van der Waals surface area contributed by atoms with Crippen molar-refractivity contribution in [2.45, 2.75) is 229 Å². The van der Waals surface area contributed by atoms with Gasteiger partial charge >= 0.3 is 17.9 Å². The number of carbonyl (C=O) groups is 19. The van der Waals surface area contributed by atoms with Crippen LogP contribution in [0.5, 0.6) is 0 Å². The van der Waals surface area contributed by atoms with Gasteiger partial charge in [0.2, 0.25) is 94.5 Å². The summed E-state index contributed by atoms with van der Waals surface area (Å²) in [5, 5.41) is 69.7. The molecule has 15 atom stereocenters. The number of aliphatic hydroxyl groups excluding tert-OH is 1. The molecule has 0 bridgehead atoms. The van der Waals surface area contributed by atoms with Crippen molar-refractivity contribution in [1.29, 1.82) is 0 Å². The zero-order chi connectivity index (χ0) is 83.8. The van der Waals surface area contributed by atoms with Crippen molar-refractivity contribution in [3.8, 4) is 0 Å². The maximum Gasteiger partial charge on any atom is 0.305 e. The molecule has 0 unspecified atom stereocenters. The van der Waals surface area contributed by atoms with E-state index in [1.54, 1.807) is 13.8 Å². The fraction of sp³-hybridized carbons (Fsp3) is 0.697. The first-order valence-corrected chi connectivity index (χ1v) is 36.7. The minimum Gasteiger partial charge on any atom is -0.481 e. The molecule has 3 aliphatic rings. The molecular weight excluding hydrogens is 1490 g/mol. The average Bonchev–Trinajstić information content (AvgIpc) is 1.71. The maximum absolute atomic E-state index is 15.5. The number of nitrogens with two attached hydrogens (primary N) is 4. The number of hydrogen-bond acceptors (Lipinski definition) is 23. The van der Waals surface area contributed by atoms with Crippen molar-refractivity contribution in [2.75, 3.05) is 45.0 Å². The topological polar surface area (TPSA) is 685 Å². The third kappa shape index (κ3) is 32.5. The van der Waals surface area contributed by atoms with E-state index in [9.17, 15) is 112 Å². The van der Waals surface area contributed by atoms with Gasteiger partial charge < -0.3 is 122 Å². The van der Waals surface area contributed by atoms with Crippen LogP contribution in [0, 0.1) is 17.8 Å². The molecule has 45 heteroatoms. The van der Waals surface area contributed by atoms with Gasteiger partial charge in [0, 0.05) is 51.1 Å². The van der Waals surface area contributed by atoms with E-state index in [4.69, 9.17) is 22.9 Å². The molecule has 0 aliphatic carbocycles. The molecule has 3 aliphatic heterocycles. The van der Waals surface area contributed by atoms with Gasteiger partial charge in [-0.25, -0.2) is 4.39 Å². The number of guanidine groups is 1. The predicted molar refractivity (Wildman–Crippen MR) is 390 cm³/mol. The van der Waals surface area contributed by atoms with E-state index in [1.807, 2.05) is 13.8 Å². The predicted octanol–water partition coefficient (Wildman–Crippen LogP) is -8.96. The minimum absolute atomic E-state index is 0.00240. The summed E-state index contributed by atoms with van der Waals surface area (Å²) in [5.41, 5.74) is 22.7. The van der Waals surface area contributed by atoms with Crippen LogP contribution in [0.4, 0.5) is 4.39 Å². The van der Waals surface area contributed by atoms with Gasteiger partial charge in [-0.05, 0) is 82.5 Å². The van der Waals surface area contributed by atoms with E-state index in [0.29, 0.717) is 11.3 Å². The minimum atomic E-state index is -2.26. The van der Waals surface area contributed by atoms with E-state index < -0.39 is 287 Å². The Labute approximate surface area is 643 Å². The standard InChI is InChI=1S/C66H107FN20O23S/c1-29(2)20-34(68)54(99)83-42(28-111)59(104)80-39(21-30(3)4)58(103)79-38(10-8-18-72-66(70)71)64(109)86-19-9-11-43(86)60(105)84-51(31(5)6)62(107)74-25-46(90)76-35-12-15-45(89)73-24-41(53(69)98)82-56(101)36(13-16-48(92)93)77-47(91)26-75-63(108)52(32(7)88)85-57(102)37(14-17-49(94)95)78-61(106)44-22-33(67)27-87(44)65(110)40(23-50(96)97)81-55(35)100/h29-44,51-52,88,111H,8-28,68H2,1-7H3,(H2,69,98)(H,73,89)(H,74,107)(H,75,108)(H,76,90)(H,77,91)(H,78,106)(H,79,103)(H,80,104)(H,81,100)(H,82,101)(H,83,99)(H,84,105)(H,85,102)(H,92,93)(H,94,95)(H,96,97)(H4,70,71,72)/t32-,33+,34+,35+,36+,37+,38+,39+,40+,41+,42+,43+,44+,51+,52+/m1/s1. The average molecular weight is 1600 g/mol. The van der Waals surface area contributed by atoms with Crippen LogP contribution in [0.1, 0.15) is 138 Å². The van der Waals surface area contributed by atoms with Gasteiger partial charge in [-0.15, -0.1) is 0 Å². The third-order valence-corrected chi connectivity index (χ3v) is 18.0. The number of thiol groups is 1. The number of aliphatic hydroxyl groups is 1. The van der Waals surface area contributed by atoms with E-state index in [1.165, 1.54) is 18.7 Å². The molecule has 0 radical (unpaired) electrons. The van der Waals surface area contributed by atoms with Crippen molar-refractivity contribution in [2.24, 2.45) is 45.7 Å². The number of hydrogen-bond donors (Lipinski definition) is 22. The number of carboxylic acids is 3. The number of carbonyl (C=O) groups excluding carboxylic acids is 16. The Morgan fingerprint density at radius 1 is 0.658 bits per heavy atom. The number of amides is 16. The highest BCUT2D eigenvalue weighted by Crippen LogP contribution is 2.25. The SMILES string of the molecule is CC(C)C[C@H](NC(=O)[C@H](CS)NC(=O)[C@@H](N)CC(C)C)C(=O)N[C@@H](CCCN=C(N)N)C(=O)N1CCC[C@H]1C(=O)N[C@H](C(=O)NCC(=O)N[C@H]1CCC(=O)NC[C@@H](C(N)=O)NC(=O)[C@H](CCC(=O)O)NC(=O)CNC(=O)[C@H]([C@@H](C)O)NC(=O)[C@H](CCC(=O)O)NC(=O)[C@@H]2C[C@H](F)CN2C(=O)[C@H](CC(=O)O)NC1=O)C(C)C. The lowest BCUT2D eigenvalue weighted by Crippen LogP contribution is -2.60. The van der Waals surface area contributed by atoms with Gasteiger partial charge in [0.1, 0.15) is 78.7 Å². The molecule has 3 rings (SSSR count). The van der Waals surface area contributed by atoms with Crippen molar-refractivity contribution >= 4 is 131 Å². The molecule has 25 N–H and O–H groups in total. The van der Waals surface area contributed by atoms with Crippen molar-refractivity contribution in [3.05, 3.63) is 0 Å². The number of alkyl halides is 1. The maximum atomic E-state index is 15.5. The van der Waals surface area contributed by atoms with Crippen molar-refractivity contribution in [3.63, 3.8) is 0 Å². The van der Waals surface area contributed by atoms with E-state index >= 15 is 4.39 Å². The lowest BCUT2D eigenvalue weighted by molar-refractivity contribution is -0.146.